The van der Waals surface area contributed by atoms with Crippen molar-refractivity contribution in [3.63, 3.8) is 0 Å². The number of nitrogens with one attached hydrogen (secondary N) is 2. The number of aromatic nitrogens is 2. The van der Waals surface area contributed by atoms with Crippen LogP contribution >= 0.6 is 11.7 Å². The summed E-state index contributed by atoms with van der Waals surface area (Å²) in [6.45, 7) is 4.80. The molecule has 2 fully saturated rings. The van der Waals surface area contributed by atoms with E-state index in [0.717, 1.165) is 37.9 Å². The molecule has 9 nitrogen and oxygen atoms in total. The maximum absolute atomic E-state index is 13.1. The van der Waals surface area contributed by atoms with Crippen LogP contribution in [-0.2, 0) is 12.4 Å². The molecule has 2 aliphatic rings. The van der Waals surface area contributed by atoms with Crippen LogP contribution in [0.1, 0.15) is 11.1 Å². The highest BCUT2D eigenvalue weighted by Crippen LogP contribution is 2.37. The van der Waals surface area contributed by atoms with E-state index in [4.69, 9.17) is 4.74 Å². The number of ether oxygens (including phenoxy) is 1. The zero-order valence-electron chi connectivity index (χ0n) is 18.8. The van der Waals surface area contributed by atoms with Gasteiger partial charge in [0.25, 0.3) is 5.88 Å². The predicted molar refractivity (Wildman–Crippen MR) is 119 cm³/mol. The average molecular weight is 540 g/mol. The van der Waals surface area contributed by atoms with E-state index >= 15 is 0 Å². The number of rotatable bonds is 5. The maximum atomic E-state index is 13.1. The number of amides is 2. The van der Waals surface area contributed by atoms with E-state index in [-0.39, 0.29) is 19.2 Å². The first-order valence-electron chi connectivity index (χ1n) is 11.0. The van der Waals surface area contributed by atoms with E-state index in [1.165, 1.54) is 4.90 Å². The number of urea groups is 1. The van der Waals surface area contributed by atoms with Gasteiger partial charge >= 0.3 is 18.4 Å². The van der Waals surface area contributed by atoms with Crippen molar-refractivity contribution in [2.75, 3.05) is 69.3 Å². The van der Waals surface area contributed by atoms with Gasteiger partial charge in [-0.3, -0.25) is 4.90 Å². The topological polar surface area (TPSA) is 85.9 Å². The summed E-state index contributed by atoms with van der Waals surface area (Å²) in [4.78, 5) is 17.9. The van der Waals surface area contributed by atoms with E-state index in [2.05, 4.69) is 24.3 Å². The Kier molecular flexibility index (Phi) is 7.75. The number of hydrogen-bond acceptors (Lipinski definition) is 8. The van der Waals surface area contributed by atoms with Gasteiger partial charge in [0.15, 0.2) is 0 Å². The summed E-state index contributed by atoms with van der Waals surface area (Å²) in [7, 11) is 0. The molecule has 198 valence electrons. The minimum atomic E-state index is -5.00. The third kappa shape index (κ3) is 6.47. The van der Waals surface area contributed by atoms with Crippen LogP contribution in [0.15, 0.2) is 18.2 Å². The quantitative estimate of drug-likeness (QED) is 0.565. The first-order valence-corrected chi connectivity index (χ1v) is 11.7. The van der Waals surface area contributed by atoms with Crippen LogP contribution in [0.2, 0.25) is 0 Å². The highest BCUT2D eigenvalue weighted by Gasteiger charge is 2.37. The Hall–Kier alpha value is -2.85. The molecule has 16 heteroatoms. The Labute approximate surface area is 206 Å². The van der Waals surface area contributed by atoms with Gasteiger partial charge in [0.1, 0.15) is 6.73 Å². The SMILES string of the molecule is O=C(Nc1cc(C(F)(F)F)cc(C(F)(F)F)c1)N1CCN(c2nsnc2OCN2CCNCC2)CC1. The third-order valence-corrected chi connectivity index (χ3v) is 6.24. The van der Waals surface area contributed by atoms with Crippen molar-refractivity contribution in [3.8, 4) is 5.88 Å². The Bertz CT molecular complexity index is 1020. The number of alkyl halides is 6. The largest absolute Gasteiger partial charge is 0.458 e. The summed E-state index contributed by atoms with van der Waals surface area (Å²) in [5, 5.41) is 5.41. The van der Waals surface area contributed by atoms with Gasteiger partial charge in [0.2, 0.25) is 5.82 Å². The molecule has 4 rings (SSSR count). The van der Waals surface area contributed by atoms with Gasteiger partial charge in [0.05, 0.1) is 22.9 Å². The molecular formula is C20H23F6N7O2S. The van der Waals surface area contributed by atoms with Crippen LogP contribution in [0.25, 0.3) is 0 Å². The highest BCUT2D eigenvalue weighted by atomic mass is 32.1. The van der Waals surface area contributed by atoms with Crippen LogP contribution in [0, 0.1) is 0 Å². The lowest BCUT2D eigenvalue weighted by Gasteiger charge is -2.35. The number of hydrogen-bond donors (Lipinski definition) is 2. The second-order valence-corrected chi connectivity index (χ2v) is 8.76. The second kappa shape index (κ2) is 10.6. The molecule has 0 aliphatic carbocycles. The number of halogens is 6. The molecule has 1 aromatic carbocycles. The number of carbonyl (C=O) groups excluding carboxylic acids is 1. The Morgan fingerprint density at radius 2 is 1.56 bits per heavy atom. The van der Waals surface area contributed by atoms with Gasteiger partial charge in [-0.05, 0) is 18.2 Å². The Morgan fingerprint density at radius 1 is 0.944 bits per heavy atom. The molecule has 2 aromatic rings. The molecule has 0 bridgehead atoms. The maximum Gasteiger partial charge on any atom is 0.416 e. The fourth-order valence-electron chi connectivity index (χ4n) is 3.80. The summed E-state index contributed by atoms with van der Waals surface area (Å²) in [5.74, 6) is 0.906. The van der Waals surface area contributed by atoms with E-state index in [1.54, 1.807) is 0 Å². The number of benzene rings is 1. The van der Waals surface area contributed by atoms with Crippen LogP contribution in [0.5, 0.6) is 5.88 Å². The van der Waals surface area contributed by atoms with Crippen LogP contribution in [-0.4, -0.2) is 83.7 Å². The van der Waals surface area contributed by atoms with Gasteiger partial charge in [-0.2, -0.15) is 30.7 Å². The molecule has 1 aromatic heterocycles. The molecule has 2 amide bonds. The van der Waals surface area contributed by atoms with Crippen molar-refractivity contribution in [3.05, 3.63) is 29.3 Å². The number of anilines is 2. The summed E-state index contributed by atoms with van der Waals surface area (Å²) in [6, 6.07) is 0.172. The normalized spacial score (nSPS) is 17.8. The fourth-order valence-corrected chi connectivity index (χ4v) is 4.32. The fraction of sp³-hybridized carbons (Fsp3) is 0.550. The van der Waals surface area contributed by atoms with E-state index in [0.29, 0.717) is 43.7 Å². The van der Waals surface area contributed by atoms with Crippen LogP contribution in [0.3, 0.4) is 0 Å². The molecule has 0 radical (unpaired) electrons. The van der Waals surface area contributed by atoms with E-state index < -0.39 is 35.2 Å². The standard InChI is InChI=1S/C20H23F6N7O2S/c21-19(22,23)13-9-14(20(24,25)26)11-15(10-13)28-18(34)33-7-5-32(6-8-33)16-17(30-36-29-16)35-12-31-3-1-27-2-4-31/h9-11,27H,1-8,12H2,(H,28,34). The third-order valence-electron chi connectivity index (χ3n) is 5.74. The van der Waals surface area contributed by atoms with Gasteiger partial charge < -0.3 is 25.2 Å². The zero-order valence-corrected chi connectivity index (χ0v) is 19.6. The van der Waals surface area contributed by atoms with Crippen molar-refractivity contribution in [1.29, 1.82) is 0 Å². The van der Waals surface area contributed by atoms with Crippen molar-refractivity contribution in [2.45, 2.75) is 12.4 Å². The second-order valence-electron chi connectivity index (χ2n) is 8.23. The number of nitrogens with zero attached hydrogens (tertiary/aromatic N) is 5. The highest BCUT2D eigenvalue weighted by molar-refractivity contribution is 6.99. The lowest BCUT2D eigenvalue weighted by atomic mass is 10.1. The molecule has 0 unspecified atom stereocenters. The van der Waals surface area contributed by atoms with Crippen molar-refractivity contribution in [1.82, 2.24) is 23.9 Å². The minimum Gasteiger partial charge on any atom is -0.458 e. The first kappa shape index (κ1) is 26.2. The van der Waals surface area contributed by atoms with Crippen LogP contribution < -0.4 is 20.3 Å². The lowest BCUT2D eigenvalue weighted by molar-refractivity contribution is -0.143. The zero-order chi connectivity index (χ0) is 25.9. The first-order chi connectivity index (χ1) is 17.0. The van der Waals surface area contributed by atoms with Crippen molar-refractivity contribution < 1.29 is 35.9 Å². The van der Waals surface area contributed by atoms with Gasteiger partial charge in [-0.15, -0.1) is 4.37 Å². The molecule has 2 N–H and O–H groups in total. The van der Waals surface area contributed by atoms with Gasteiger partial charge in [0, 0.05) is 58.0 Å². The molecule has 36 heavy (non-hydrogen) atoms. The van der Waals surface area contributed by atoms with Gasteiger partial charge in [-0.1, -0.05) is 0 Å². The smallest absolute Gasteiger partial charge is 0.416 e. The van der Waals surface area contributed by atoms with E-state index in [9.17, 15) is 31.1 Å². The molecule has 2 aliphatic heterocycles. The van der Waals surface area contributed by atoms with Crippen LogP contribution in [0.4, 0.5) is 42.6 Å². The van der Waals surface area contributed by atoms with Gasteiger partial charge in [-0.25, -0.2) is 4.79 Å². The predicted octanol–water partition coefficient (Wildman–Crippen LogP) is 3.17. The molecule has 0 spiro atoms. The monoisotopic (exact) mass is 539 g/mol. The summed E-state index contributed by atoms with van der Waals surface area (Å²) in [5.41, 5.74) is -3.58. The molecule has 0 atom stereocenters. The summed E-state index contributed by atoms with van der Waals surface area (Å²) >= 11 is 0.988. The molecule has 0 saturated carbocycles. The Balaban J connectivity index is 1.35. The number of piperazine rings is 2. The minimum absolute atomic E-state index is 0.0120. The molecule has 3 heterocycles. The lowest BCUT2D eigenvalue weighted by Crippen LogP contribution is -2.50. The molecular weight excluding hydrogens is 516 g/mol. The van der Waals surface area contributed by atoms with E-state index in [1.807, 2.05) is 4.90 Å². The number of carbonyl (C=O) groups is 1. The summed E-state index contributed by atoms with van der Waals surface area (Å²) < 4.78 is 92.7. The van der Waals surface area contributed by atoms with Crippen molar-refractivity contribution in [2.24, 2.45) is 0 Å². The average Bonchev–Trinajstić information content (AvgIpc) is 3.31. The summed E-state index contributed by atoms with van der Waals surface area (Å²) in [6.07, 6.45) is -10.0. The Morgan fingerprint density at radius 3 is 2.14 bits per heavy atom. The molecule has 2 saturated heterocycles. The van der Waals surface area contributed by atoms with Crippen molar-refractivity contribution >= 4 is 29.3 Å².